The number of amides is 1. The van der Waals surface area contributed by atoms with Crippen LogP contribution in [-0.4, -0.2) is 5.91 Å². The maximum Gasteiger partial charge on any atom is 0.287 e. The van der Waals surface area contributed by atoms with Crippen LogP contribution in [0.25, 0.3) is 0 Å². The van der Waals surface area contributed by atoms with Crippen molar-refractivity contribution in [1.29, 1.82) is 0 Å². The lowest BCUT2D eigenvalue weighted by Crippen LogP contribution is -2.26. The van der Waals surface area contributed by atoms with Crippen LogP contribution < -0.4 is 11.1 Å². The van der Waals surface area contributed by atoms with Crippen molar-refractivity contribution in [3.63, 3.8) is 0 Å². The van der Waals surface area contributed by atoms with E-state index in [9.17, 15) is 4.79 Å². The molecule has 0 saturated heterocycles. The van der Waals surface area contributed by atoms with Gasteiger partial charge in [-0.2, -0.15) is 0 Å². The first-order chi connectivity index (χ1) is 9.11. The van der Waals surface area contributed by atoms with Crippen molar-refractivity contribution in [3.05, 3.63) is 59.0 Å². The summed E-state index contributed by atoms with van der Waals surface area (Å²) in [5.41, 5.74) is 7.70. The molecule has 2 rings (SSSR count). The molecule has 1 heterocycles. The quantitative estimate of drug-likeness (QED) is 0.885. The first-order valence-corrected chi connectivity index (χ1v) is 6.27. The van der Waals surface area contributed by atoms with Gasteiger partial charge in [0.25, 0.3) is 5.91 Å². The van der Waals surface area contributed by atoms with Gasteiger partial charge in [0.15, 0.2) is 5.76 Å². The number of carbonyl (C=O) groups is 1. The number of carbonyl (C=O) groups excluding carboxylic acids is 1. The van der Waals surface area contributed by atoms with Gasteiger partial charge in [0.2, 0.25) is 0 Å². The summed E-state index contributed by atoms with van der Waals surface area (Å²) in [6, 6.07) is 11.3. The first-order valence-electron chi connectivity index (χ1n) is 6.27. The van der Waals surface area contributed by atoms with Crippen molar-refractivity contribution in [2.75, 3.05) is 0 Å². The molecule has 3 N–H and O–H groups in total. The molecule has 100 valence electrons. The monoisotopic (exact) mass is 258 g/mol. The van der Waals surface area contributed by atoms with E-state index in [4.69, 9.17) is 10.2 Å². The third kappa shape index (κ3) is 3.03. The fourth-order valence-corrected chi connectivity index (χ4v) is 2.03. The topological polar surface area (TPSA) is 68.3 Å². The molecule has 4 heteroatoms. The largest absolute Gasteiger partial charge is 0.455 e. The van der Waals surface area contributed by atoms with E-state index in [1.165, 1.54) is 0 Å². The number of rotatable bonds is 4. The van der Waals surface area contributed by atoms with E-state index in [-0.39, 0.29) is 11.9 Å². The number of hydrogen-bond acceptors (Lipinski definition) is 3. The summed E-state index contributed by atoms with van der Waals surface area (Å²) in [7, 11) is 0. The van der Waals surface area contributed by atoms with Gasteiger partial charge < -0.3 is 15.5 Å². The highest BCUT2D eigenvalue weighted by Gasteiger charge is 2.15. The van der Waals surface area contributed by atoms with Gasteiger partial charge in [-0.3, -0.25) is 4.79 Å². The molecule has 0 radical (unpaired) electrons. The average Bonchev–Trinajstić information content (AvgIpc) is 2.88. The number of benzene rings is 1. The zero-order valence-electron chi connectivity index (χ0n) is 11.1. The Balaban J connectivity index is 2.08. The van der Waals surface area contributed by atoms with E-state index < -0.39 is 0 Å². The SMILES string of the molecule is Cc1ccccc1C(C)NC(=O)c1ccc(CN)o1. The first kappa shape index (κ1) is 13.4. The number of furan rings is 1. The van der Waals surface area contributed by atoms with Crippen molar-refractivity contribution in [3.8, 4) is 0 Å². The van der Waals surface area contributed by atoms with Crippen LogP contribution in [0.15, 0.2) is 40.8 Å². The Morgan fingerprint density at radius 1 is 1.32 bits per heavy atom. The van der Waals surface area contributed by atoms with Gasteiger partial charge in [-0.1, -0.05) is 24.3 Å². The van der Waals surface area contributed by atoms with E-state index in [0.29, 0.717) is 18.1 Å². The molecule has 1 aromatic heterocycles. The Bertz CT molecular complexity index is 575. The van der Waals surface area contributed by atoms with Crippen molar-refractivity contribution in [1.82, 2.24) is 5.32 Å². The summed E-state index contributed by atoms with van der Waals surface area (Å²) in [4.78, 5) is 12.0. The Labute approximate surface area is 112 Å². The molecule has 0 fully saturated rings. The highest BCUT2D eigenvalue weighted by atomic mass is 16.4. The van der Waals surface area contributed by atoms with Crippen LogP contribution in [0.3, 0.4) is 0 Å². The molecule has 2 aromatic rings. The summed E-state index contributed by atoms with van der Waals surface area (Å²) >= 11 is 0. The van der Waals surface area contributed by atoms with Gasteiger partial charge in [0.1, 0.15) is 5.76 Å². The van der Waals surface area contributed by atoms with Gasteiger partial charge >= 0.3 is 0 Å². The summed E-state index contributed by atoms with van der Waals surface area (Å²) in [6.45, 7) is 4.27. The van der Waals surface area contributed by atoms with E-state index in [2.05, 4.69) is 5.32 Å². The Morgan fingerprint density at radius 2 is 2.05 bits per heavy atom. The zero-order chi connectivity index (χ0) is 13.8. The lowest BCUT2D eigenvalue weighted by atomic mass is 10.0. The molecule has 1 amide bonds. The summed E-state index contributed by atoms with van der Waals surface area (Å²) in [6.07, 6.45) is 0. The number of hydrogen-bond donors (Lipinski definition) is 2. The molecule has 0 aliphatic carbocycles. The molecule has 19 heavy (non-hydrogen) atoms. The number of nitrogens with one attached hydrogen (secondary N) is 1. The predicted octanol–water partition coefficient (Wildman–Crippen LogP) is 2.54. The Morgan fingerprint density at radius 3 is 2.68 bits per heavy atom. The van der Waals surface area contributed by atoms with Crippen molar-refractivity contribution >= 4 is 5.91 Å². The molecule has 0 aliphatic heterocycles. The van der Waals surface area contributed by atoms with Gasteiger partial charge in [-0.05, 0) is 37.1 Å². The molecule has 0 aliphatic rings. The lowest BCUT2D eigenvalue weighted by Gasteiger charge is -2.15. The summed E-state index contributed by atoms with van der Waals surface area (Å²) < 4.78 is 5.32. The van der Waals surface area contributed by atoms with Crippen molar-refractivity contribution in [2.45, 2.75) is 26.4 Å². The maximum atomic E-state index is 12.0. The number of aryl methyl sites for hydroxylation is 1. The van der Waals surface area contributed by atoms with Crippen LogP contribution in [-0.2, 0) is 6.54 Å². The highest BCUT2D eigenvalue weighted by molar-refractivity contribution is 5.91. The molecule has 0 saturated carbocycles. The third-order valence-electron chi connectivity index (χ3n) is 3.09. The Hall–Kier alpha value is -2.07. The van der Waals surface area contributed by atoms with Crippen molar-refractivity contribution < 1.29 is 9.21 Å². The van der Waals surface area contributed by atoms with Crippen LogP contribution in [0.5, 0.6) is 0 Å². The van der Waals surface area contributed by atoms with E-state index >= 15 is 0 Å². The minimum atomic E-state index is -0.226. The van der Waals surface area contributed by atoms with E-state index in [1.807, 2.05) is 38.1 Å². The number of nitrogens with two attached hydrogens (primary N) is 1. The standard InChI is InChI=1S/C15H18N2O2/c1-10-5-3-4-6-13(10)11(2)17-15(18)14-8-7-12(9-16)19-14/h3-8,11H,9,16H2,1-2H3,(H,17,18). The van der Waals surface area contributed by atoms with E-state index in [0.717, 1.165) is 11.1 Å². The Kier molecular flexibility index (Phi) is 4.02. The van der Waals surface area contributed by atoms with Crippen LogP contribution in [0.2, 0.25) is 0 Å². The van der Waals surface area contributed by atoms with Gasteiger partial charge in [0, 0.05) is 0 Å². The molecule has 0 bridgehead atoms. The fraction of sp³-hybridized carbons (Fsp3) is 0.267. The van der Waals surface area contributed by atoms with Gasteiger partial charge in [-0.25, -0.2) is 0 Å². The average molecular weight is 258 g/mol. The molecule has 1 unspecified atom stereocenters. The predicted molar refractivity (Wildman–Crippen MR) is 73.7 cm³/mol. The van der Waals surface area contributed by atoms with Crippen LogP contribution in [0.4, 0.5) is 0 Å². The second-order valence-corrected chi connectivity index (χ2v) is 4.52. The normalized spacial score (nSPS) is 12.2. The van der Waals surface area contributed by atoms with Gasteiger partial charge in [0.05, 0.1) is 12.6 Å². The molecular weight excluding hydrogens is 240 g/mol. The third-order valence-corrected chi connectivity index (χ3v) is 3.09. The highest BCUT2D eigenvalue weighted by Crippen LogP contribution is 2.17. The zero-order valence-corrected chi connectivity index (χ0v) is 11.1. The molecule has 1 atom stereocenters. The smallest absolute Gasteiger partial charge is 0.287 e. The lowest BCUT2D eigenvalue weighted by molar-refractivity contribution is 0.0910. The minimum Gasteiger partial charge on any atom is -0.455 e. The van der Waals surface area contributed by atoms with Crippen LogP contribution >= 0.6 is 0 Å². The van der Waals surface area contributed by atoms with Crippen LogP contribution in [0, 0.1) is 6.92 Å². The molecular formula is C15H18N2O2. The second kappa shape index (κ2) is 5.71. The second-order valence-electron chi connectivity index (χ2n) is 4.52. The van der Waals surface area contributed by atoms with Gasteiger partial charge in [-0.15, -0.1) is 0 Å². The minimum absolute atomic E-state index is 0.0693. The van der Waals surface area contributed by atoms with Crippen LogP contribution in [0.1, 0.15) is 40.4 Å². The molecule has 4 nitrogen and oxygen atoms in total. The fourth-order valence-electron chi connectivity index (χ4n) is 2.03. The van der Waals surface area contributed by atoms with Crippen molar-refractivity contribution in [2.24, 2.45) is 5.73 Å². The summed E-state index contributed by atoms with van der Waals surface area (Å²) in [5, 5.41) is 2.92. The molecule has 0 spiro atoms. The molecule has 1 aromatic carbocycles. The van der Waals surface area contributed by atoms with E-state index in [1.54, 1.807) is 12.1 Å². The summed E-state index contributed by atoms with van der Waals surface area (Å²) in [5.74, 6) is 0.671. The maximum absolute atomic E-state index is 12.0.